The third-order valence-corrected chi connectivity index (χ3v) is 4.74. The molecule has 0 saturated heterocycles. The molecule has 0 atom stereocenters. The molecule has 0 aliphatic heterocycles. The molecule has 2 heterocycles. The van der Waals surface area contributed by atoms with Gasteiger partial charge in [-0.05, 0) is 54.8 Å². The average Bonchev–Trinajstić information content (AvgIpc) is 3.11. The Bertz CT molecular complexity index is 1070. The van der Waals surface area contributed by atoms with Gasteiger partial charge in [-0.2, -0.15) is 18.3 Å². The molecule has 0 N–H and O–H groups in total. The molecular formula is C20H16BrF4N3O2. The number of pyridine rings is 1. The van der Waals surface area contributed by atoms with Gasteiger partial charge in [0.15, 0.2) is 5.82 Å². The maximum absolute atomic E-state index is 13.7. The first-order valence-electron chi connectivity index (χ1n) is 8.85. The summed E-state index contributed by atoms with van der Waals surface area (Å²) in [5.41, 5.74) is 0.531. The zero-order chi connectivity index (χ0) is 21.9. The average molecular weight is 486 g/mol. The van der Waals surface area contributed by atoms with Gasteiger partial charge in [-0.1, -0.05) is 15.9 Å². The standard InChI is InChI=1S/C20H16BrF4N3O2/c1-2-30-19(29)16-11-27-28(17(16)10-21)18-8-12(3-4-26-18)5-13-6-14(20(23,24)25)9-15(22)7-13/h3-4,6-9,11H,2,5,10H2,1H3. The number of benzene rings is 1. The summed E-state index contributed by atoms with van der Waals surface area (Å²) in [4.78, 5) is 16.3. The molecule has 3 aromatic rings. The smallest absolute Gasteiger partial charge is 0.416 e. The maximum atomic E-state index is 13.7. The molecule has 2 aromatic heterocycles. The quantitative estimate of drug-likeness (QED) is 0.277. The summed E-state index contributed by atoms with van der Waals surface area (Å²) >= 11 is 3.32. The molecule has 1 aromatic carbocycles. The molecule has 0 bridgehead atoms. The molecule has 30 heavy (non-hydrogen) atoms. The third-order valence-electron chi connectivity index (χ3n) is 4.21. The first-order valence-corrected chi connectivity index (χ1v) is 9.97. The lowest BCUT2D eigenvalue weighted by Crippen LogP contribution is -2.09. The minimum atomic E-state index is -4.64. The molecule has 0 aliphatic carbocycles. The van der Waals surface area contributed by atoms with Crippen LogP contribution < -0.4 is 0 Å². The summed E-state index contributed by atoms with van der Waals surface area (Å²) in [5.74, 6) is -1.11. The van der Waals surface area contributed by atoms with Crippen LogP contribution in [0.5, 0.6) is 0 Å². The summed E-state index contributed by atoms with van der Waals surface area (Å²) in [7, 11) is 0. The van der Waals surface area contributed by atoms with Crippen LogP contribution >= 0.6 is 15.9 Å². The van der Waals surface area contributed by atoms with Gasteiger partial charge in [-0.25, -0.2) is 18.9 Å². The van der Waals surface area contributed by atoms with Crippen LogP contribution in [0.4, 0.5) is 17.6 Å². The third kappa shape index (κ3) is 4.86. The predicted molar refractivity (Wildman–Crippen MR) is 104 cm³/mol. The Labute approximate surface area is 177 Å². The van der Waals surface area contributed by atoms with Crippen LogP contribution in [0.25, 0.3) is 5.82 Å². The van der Waals surface area contributed by atoms with E-state index in [-0.39, 0.29) is 24.2 Å². The molecule has 3 rings (SSSR count). The number of carbonyl (C=O) groups is 1. The zero-order valence-corrected chi connectivity index (χ0v) is 17.3. The van der Waals surface area contributed by atoms with Crippen molar-refractivity contribution in [2.24, 2.45) is 0 Å². The highest BCUT2D eigenvalue weighted by atomic mass is 79.9. The zero-order valence-electron chi connectivity index (χ0n) is 15.7. The lowest BCUT2D eigenvalue weighted by Gasteiger charge is -2.11. The van der Waals surface area contributed by atoms with E-state index in [4.69, 9.17) is 4.74 Å². The summed E-state index contributed by atoms with van der Waals surface area (Å²) in [6.45, 7) is 1.91. The van der Waals surface area contributed by atoms with Crippen LogP contribution in [-0.4, -0.2) is 27.3 Å². The minimum Gasteiger partial charge on any atom is -0.462 e. The number of carbonyl (C=O) groups excluding carboxylic acids is 1. The van der Waals surface area contributed by atoms with Crippen molar-refractivity contribution in [3.63, 3.8) is 0 Å². The van der Waals surface area contributed by atoms with Crippen molar-refractivity contribution in [2.75, 3.05) is 6.61 Å². The van der Waals surface area contributed by atoms with Crippen LogP contribution in [0.1, 0.15) is 39.7 Å². The number of hydrogen-bond donors (Lipinski definition) is 0. The number of alkyl halides is 4. The van der Waals surface area contributed by atoms with Crippen LogP contribution in [0.15, 0.2) is 42.7 Å². The van der Waals surface area contributed by atoms with E-state index >= 15 is 0 Å². The van der Waals surface area contributed by atoms with Crippen LogP contribution in [0.3, 0.4) is 0 Å². The molecule has 0 spiro atoms. The summed E-state index contributed by atoms with van der Waals surface area (Å²) in [6, 6.07) is 5.67. The number of ether oxygens (including phenoxy) is 1. The largest absolute Gasteiger partial charge is 0.462 e. The molecule has 5 nitrogen and oxygen atoms in total. The number of aromatic nitrogens is 3. The van der Waals surface area contributed by atoms with Crippen LogP contribution in [-0.2, 0) is 22.7 Å². The highest BCUT2D eigenvalue weighted by Gasteiger charge is 2.31. The predicted octanol–water partition coefficient (Wildman–Crippen LogP) is 5.09. The Hall–Kier alpha value is -2.75. The van der Waals surface area contributed by atoms with Gasteiger partial charge in [0.1, 0.15) is 11.4 Å². The minimum absolute atomic E-state index is 0.0615. The van der Waals surface area contributed by atoms with E-state index < -0.39 is 23.5 Å². The second kappa shape index (κ2) is 8.95. The van der Waals surface area contributed by atoms with Gasteiger partial charge in [0.2, 0.25) is 0 Å². The molecule has 0 fully saturated rings. The normalized spacial score (nSPS) is 11.5. The molecule has 0 unspecified atom stereocenters. The van der Waals surface area contributed by atoms with Crippen molar-refractivity contribution in [2.45, 2.75) is 24.9 Å². The Balaban J connectivity index is 1.93. The Morgan fingerprint density at radius 3 is 2.63 bits per heavy atom. The Morgan fingerprint density at radius 2 is 1.97 bits per heavy atom. The second-order valence-corrected chi connectivity index (χ2v) is 6.88. The van der Waals surface area contributed by atoms with Gasteiger partial charge in [-0.3, -0.25) is 0 Å². The van der Waals surface area contributed by atoms with Gasteiger partial charge < -0.3 is 4.74 Å². The molecule has 0 amide bonds. The van der Waals surface area contributed by atoms with Gasteiger partial charge in [0.25, 0.3) is 0 Å². The molecule has 158 valence electrons. The van der Waals surface area contributed by atoms with Crippen molar-refractivity contribution >= 4 is 21.9 Å². The van der Waals surface area contributed by atoms with E-state index in [1.54, 1.807) is 19.1 Å². The molecular weight excluding hydrogens is 470 g/mol. The van der Waals surface area contributed by atoms with E-state index in [1.165, 1.54) is 17.1 Å². The molecule has 0 aliphatic rings. The number of nitrogens with zero attached hydrogens (tertiary/aromatic N) is 3. The van der Waals surface area contributed by atoms with E-state index in [0.717, 1.165) is 12.1 Å². The summed E-state index contributed by atoms with van der Waals surface area (Å²) in [5, 5.41) is 4.48. The molecule has 10 heteroatoms. The van der Waals surface area contributed by atoms with Crippen LogP contribution in [0.2, 0.25) is 0 Å². The first-order chi connectivity index (χ1) is 14.2. The van der Waals surface area contributed by atoms with Crippen molar-refractivity contribution in [3.05, 3.63) is 76.5 Å². The first kappa shape index (κ1) is 21.9. The number of rotatable bonds is 6. The summed E-state index contributed by atoms with van der Waals surface area (Å²) in [6.07, 6.45) is -1.74. The van der Waals surface area contributed by atoms with E-state index in [2.05, 4.69) is 26.0 Å². The maximum Gasteiger partial charge on any atom is 0.416 e. The fourth-order valence-corrected chi connectivity index (χ4v) is 3.46. The van der Waals surface area contributed by atoms with Crippen molar-refractivity contribution in [1.29, 1.82) is 0 Å². The lowest BCUT2D eigenvalue weighted by atomic mass is 10.0. The number of esters is 1. The fraction of sp³-hybridized carbons (Fsp3) is 0.250. The number of hydrogen-bond acceptors (Lipinski definition) is 4. The summed E-state index contributed by atoms with van der Waals surface area (Å²) < 4.78 is 59.0. The highest BCUT2D eigenvalue weighted by molar-refractivity contribution is 9.08. The lowest BCUT2D eigenvalue weighted by molar-refractivity contribution is -0.137. The van der Waals surface area contributed by atoms with Crippen molar-refractivity contribution in [1.82, 2.24) is 14.8 Å². The van der Waals surface area contributed by atoms with Gasteiger partial charge in [-0.15, -0.1) is 0 Å². The number of halogens is 5. The van der Waals surface area contributed by atoms with E-state index in [1.807, 2.05) is 0 Å². The SMILES string of the molecule is CCOC(=O)c1cnn(-c2cc(Cc3cc(F)cc(C(F)(F)F)c3)ccn2)c1CBr. The van der Waals surface area contributed by atoms with Crippen molar-refractivity contribution < 1.29 is 27.1 Å². The van der Waals surface area contributed by atoms with Gasteiger partial charge >= 0.3 is 12.1 Å². The van der Waals surface area contributed by atoms with Gasteiger partial charge in [0, 0.05) is 11.5 Å². The fourth-order valence-electron chi connectivity index (χ4n) is 2.92. The van der Waals surface area contributed by atoms with Crippen molar-refractivity contribution in [3.8, 4) is 5.82 Å². The highest BCUT2D eigenvalue weighted by Crippen LogP contribution is 2.31. The monoisotopic (exact) mass is 485 g/mol. The molecule has 0 radical (unpaired) electrons. The van der Waals surface area contributed by atoms with Crippen LogP contribution in [0, 0.1) is 5.82 Å². The Kier molecular flexibility index (Phi) is 6.55. The van der Waals surface area contributed by atoms with Gasteiger partial charge in [0.05, 0.1) is 24.1 Å². The second-order valence-electron chi connectivity index (χ2n) is 6.32. The van der Waals surface area contributed by atoms with E-state index in [0.29, 0.717) is 28.5 Å². The molecule has 0 saturated carbocycles. The topological polar surface area (TPSA) is 57.0 Å². The van der Waals surface area contributed by atoms with E-state index in [9.17, 15) is 22.4 Å². The Morgan fingerprint density at radius 1 is 1.20 bits per heavy atom.